The SMILES string of the molecule is Cc1sc(NC(=O)c2ccccc2)c(CNCCO)c1C. The highest BCUT2D eigenvalue weighted by molar-refractivity contribution is 7.16. The number of aliphatic hydroxyl groups excluding tert-OH is 1. The number of rotatable bonds is 6. The summed E-state index contributed by atoms with van der Waals surface area (Å²) in [6.07, 6.45) is 0. The number of aryl methyl sites for hydroxylation is 1. The molecule has 0 atom stereocenters. The van der Waals surface area contributed by atoms with Gasteiger partial charge in [0.1, 0.15) is 5.00 Å². The van der Waals surface area contributed by atoms with Gasteiger partial charge in [-0.15, -0.1) is 11.3 Å². The highest BCUT2D eigenvalue weighted by Gasteiger charge is 2.15. The first-order valence-corrected chi connectivity index (χ1v) is 7.72. The van der Waals surface area contributed by atoms with Gasteiger partial charge in [0.05, 0.1) is 6.61 Å². The third-order valence-corrected chi connectivity index (χ3v) is 4.53. The van der Waals surface area contributed by atoms with E-state index in [0.29, 0.717) is 18.7 Å². The molecule has 1 amide bonds. The number of thiophene rings is 1. The van der Waals surface area contributed by atoms with Crippen LogP contribution in [-0.4, -0.2) is 24.2 Å². The van der Waals surface area contributed by atoms with Gasteiger partial charge in [0.25, 0.3) is 5.91 Å². The average Bonchev–Trinajstić information content (AvgIpc) is 2.76. The Balaban J connectivity index is 2.15. The van der Waals surface area contributed by atoms with Crippen molar-refractivity contribution in [2.45, 2.75) is 20.4 Å². The first kappa shape index (κ1) is 15.7. The summed E-state index contributed by atoms with van der Waals surface area (Å²) in [7, 11) is 0. The minimum absolute atomic E-state index is 0.0970. The van der Waals surface area contributed by atoms with E-state index >= 15 is 0 Å². The van der Waals surface area contributed by atoms with E-state index in [1.54, 1.807) is 23.5 Å². The summed E-state index contributed by atoms with van der Waals surface area (Å²) in [5.41, 5.74) is 2.93. The smallest absolute Gasteiger partial charge is 0.256 e. The Bertz CT molecular complexity index is 608. The zero-order valence-electron chi connectivity index (χ0n) is 12.3. The molecular formula is C16H20N2O2S. The van der Waals surface area contributed by atoms with Gasteiger partial charge in [-0.25, -0.2) is 0 Å². The molecule has 2 aromatic rings. The number of aliphatic hydroxyl groups is 1. The van der Waals surface area contributed by atoms with Crippen LogP contribution >= 0.6 is 11.3 Å². The van der Waals surface area contributed by atoms with E-state index in [2.05, 4.69) is 17.6 Å². The molecule has 0 aliphatic rings. The average molecular weight is 304 g/mol. The standard InChI is InChI=1S/C16H20N2O2S/c1-11-12(2)21-16(14(11)10-17-8-9-19)18-15(20)13-6-4-3-5-7-13/h3-7,17,19H,8-10H2,1-2H3,(H,18,20). The minimum atomic E-state index is -0.0970. The number of anilines is 1. The van der Waals surface area contributed by atoms with Crippen molar-refractivity contribution in [2.75, 3.05) is 18.5 Å². The van der Waals surface area contributed by atoms with Crippen molar-refractivity contribution in [1.29, 1.82) is 0 Å². The van der Waals surface area contributed by atoms with Gasteiger partial charge in [0, 0.05) is 29.1 Å². The fourth-order valence-electron chi connectivity index (χ4n) is 2.05. The minimum Gasteiger partial charge on any atom is -0.395 e. The molecule has 5 heteroatoms. The molecule has 0 fully saturated rings. The predicted octanol–water partition coefficient (Wildman–Crippen LogP) is 2.70. The summed E-state index contributed by atoms with van der Waals surface area (Å²) >= 11 is 1.59. The van der Waals surface area contributed by atoms with Crippen LogP contribution in [-0.2, 0) is 6.54 Å². The Kier molecular flexibility index (Phi) is 5.50. The molecule has 21 heavy (non-hydrogen) atoms. The van der Waals surface area contributed by atoms with Crippen LogP contribution in [0, 0.1) is 13.8 Å². The van der Waals surface area contributed by atoms with Crippen molar-refractivity contribution < 1.29 is 9.90 Å². The normalized spacial score (nSPS) is 10.6. The van der Waals surface area contributed by atoms with E-state index in [4.69, 9.17) is 5.11 Å². The van der Waals surface area contributed by atoms with Crippen LogP contribution in [0.3, 0.4) is 0 Å². The van der Waals surface area contributed by atoms with Crippen LogP contribution in [0.1, 0.15) is 26.4 Å². The molecule has 0 spiro atoms. The quantitative estimate of drug-likeness (QED) is 0.719. The topological polar surface area (TPSA) is 61.4 Å². The van der Waals surface area contributed by atoms with Crippen LogP contribution < -0.4 is 10.6 Å². The van der Waals surface area contributed by atoms with Crippen molar-refractivity contribution in [3.8, 4) is 0 Å². The number of hydrogen-bond donors (Lipinski definition) is 3. The number of carbonyl (C=O) groups excluding carboxylic acids is 1. The highest BCUT2D eigenvalue weighted by Crippen LogP contribution is 2.32. The number of benzene rings is 1. The third-order valence-electron chi connectivity index (χ3n) is 3.36. The lowest BCUT2D eigenvalue weighted by Crippen LogP contribution is -2.19. The second-order valence-corrected chi connectivity index (χ2v) is 6.04. The van der Waals surface area contributed by atoms with Gasteiger partial charge in [-0.05, 0) is 31.5 Å². The van der Waals surface area contributed by atoms with Gasteiger partial charge in [0.2, 0.25) is 0 Å². The molecule has 1 aromatic carbocycles. The second-order valence-electron chi connectivity index (χ2n) is 4.81. The summed E-state index contributed by atoms with van der Waals surface area (Å²) in [5.74, 6) is -0.0970. The fourth-order valence-corrected chi connectivity index (χ4v) is 3.12. The van der Waals surface area contributed by atoms with Gasteiger partial charge in [-0.2, -0.15) is 0 Å². The van der Waals surface area contributed by atoms with Gasteiger partial charge >= 0.3 is 0 Å². The molecule has 0 saturated heterocycles. The summed E-state index contributed by atoms with van der Waals surface area (Å²) in [6, 6.07) is 9.19. The summed E-state index contributed by atoms with van der Waals surface area (Å²) < 4.78 is 0. The Morgan fingerprint density at radius 3 is 2.62 bits per heavy atom. The lowest BCUT2D eigenvalue weighted by atomic mass is 10.1. The fraction of sp³-hybridized carbons (Fsp3) is 0.312. The third kappa shape index (κ3) is 3.91. The van der Waals surface area contributed by atoms with E-state index in [1.807, 2.05) is 25.1 Å². The molecule has 0 aliphatic heterocycles. The van der Waals surface area contributed by atoms with Crippen LogP contribution in [0.4, 0.5) is 5.00 Å². The number of nitrogens with one attached hydrogen (secondary N) is 2. The maximum Gasteiger partial charge on any atom is 0.256 e. The lowest BCUT2D eigenvalue weighted by molar-refractivity contribution is 0.102. The number of hydrogen-bond acceptors (Lipinski definition) is 4. The van der Waals surface area contributed by atoms with Gasteiger partial charge in [-0.1, -0.05) is 18.2 Å². The maximum absolute atomic E-state index is 12.3. The van der Waals surface area contributed by atoms with Gasteiger partial charge < -0.3 is 15.7 Å². The first-order chi connectivity index (χ1) is 10.1. The molecule has 1 aromatic heterocycles. The van der Waals surface area contributed by atoms with Crippen molar-refractivity contribution in [3.05, 3.63) is 51.9 Å². The van der Waals surface area contributed by atoms with E-state index < -0.39 is 0 Å². The van der Waals surface area contributed by atoms with Crippen molar-refractivity contribution >= 4 is 22.2 Å². The van der Waals surface area contributed by atoms with Crippen LogP contribution in [0.2, 0.25) is 0 Å². The summed E-state index contributed by atoms with van der Waals surface area (Å²) in [5, 5.41) is 15.9. The monoisotopic (exact) mass is 304 g/mol. The molecule has 0 saturated carbocycles. The zero-order valence-corrected chi connectivity index (χ0v) is 13.1. The molecule has 0 aliphatic carbocycles. The highest BCUT2D eigenvalue weighted by atomic mass is 32.1. The number of carbonyl (C=O) groups is 1. The van der Waals surface area contributed by atoms with Crippen molar-refractivity contribution in [1.82, 2.24) is 5.32 Å². The molecule has 1 heterocycles. The molecule has 2 rings (SSSR count). The largest absolute Gasteiger partial charge is 0.395 e. The van der Waals surface area contributed by atoms with Crippen LogP contribution in [0.5, 0.6) is 0 Å². The van der Waals surface area contributed by atoms with Crippen LogP contribution in [0.25, 0.3) is 0 Å². The molecule has 112 valence electrons. The van der Waals surface area contributed by atoms with E-state index in [9.17, 15) is 4.79 Å². The Hall–Kier alpha value is -1.69. The molecular weight excluding hydrogens is 284 g/mol. The van der Waals surface area contributed by atoms with E-state index in [-0.39, 0.29) is 12.5 Å². The summed E-state index contributed by atoms with van der Waals surface area (Å²) in [6.45, 7) is 5.39. The zero-order chi connectivity index (χ0) is 15.2. The van der Waals surface area contributed by atoms with Crippen molar-refractivity contribution in [2.24, 2.45) is 0 Å². The molecule has 4 nitrogen and oxygen atoms in total. The second kappa shape index (κ2) is 7.36. The number of amides is 1. The molecule has 0 unspecified atom stereocenters. The van der Waals surface area contributed by atoms with E-state index in [0.717, 1.165) is 10.6 Å². The maximum atomic E-state index is 12.3. The van der Waals surface area contributed by atoms with E-state index in [1.165, 1.54) is 10.4 Å². The Morgan fingerprint density at radius 2 is 1.95 bits per heavy atom. The molecule has 0 bridgehead atoms. The van der Waals surface area contributed by atoms with Crippen molar-refractivity contribution in [3.63, 3.8) is 0 Å². The van der Waals surface area contributed by atoms with Gasteiger partial charge in [0.15, 0.2) is 0 Å². The Labute approximate surface area is 128 Å². The molecule has 0 radical (unpaired) electrons. The van der Waals surface area contributed by atoms with Gasteiger partial charge in [-0.3, -0.25) is 4.79 Å². The summed E-state index contributed by atoms with van der Waals surface area (Å²) in [4.78, 5) is 13.4. The Morgan fingerprint density at radius 1 is 1.24 bits per heavy atom. The van der Waals surface area contributed by atoms with Crippen LogP contribution in [0.15, 0.2) is 30.3 Å². The molecule has 3 N–H and O–H groups in total. The predicted molar refractivity (Wildman–Crippen MR) is 87.0 cm³/mol. The lowest BCUT2D eigenvalue weighted by Gasteiger charge is -2.08. The first-order valence-electron chi connectivity index (χ1n) is 6.90.